The van der Waals surface area contributed by atoms with Crippen LogP contribution in [0.2, 0.25) is 0 Å². The third-order valence-electron chi connectivity index (χ3n) is 0.708. The molecular weight excluding hydrogens is 132 g/mol. The number of carbonyl (C=O) groups excluding carboxylic acids is 1. The Hall–Kier alpha value is 0.0200. The molecule has 0 atom stereocenters. The van der Waals surface area contributed by atoms with Gasteiger partial charge in [-0.2, -0.15) is 0 Å². The first-order chi connectivity index (χ1) is 3.92. The van der Waals surface area contributed by atoms with Gasteiger partial charge < -0.3 is 0 Å². The van der Waals surface area contributed by atoms with E-state index in [0.29, 0.717) is 0 Å². The summed E-state index contributed by atoms with van der Waals surface area (Å²) in [6.07, 6.45) is 0. The highest BCUT2D eigenvalue weighted by atomic mass is 32.2. The van der Waals surface area contributed by atoms with Crippen LogP contribution in [0.5, 0.6) is 0 Å². The van der Waals surface area contributed by atoms with Crippen molar-refractivity contribution >= 4 is 16.9 Å². The normalized spacial score (nSPS) is 11.6. The van der Waals surface area contributed by atoms with Gasteiger partial charge in [0.2, 0.25) is 0 Å². The summed E-state index contributed by atoms with van der Waals surface area (Å²) < 4.78 is 0. The van der Waals surface area contributed by atoms with Crippen LogP contribution < -0.4 is 0 Å². The highest BCUT2D eigenvalue weighted by Crippen LogP contribution is 2.20. The van der Waals surface area contributed by atoms with E-state index in [2.05, 4.69) is 20.8 Å². The van der Waals surface area contributed by atoms with E-state index in [0.717, 1.165) is 5.75 Å². The first-order valence-electron chi connectivity index (χ1n) is 3.05. The van der Waals surface area contributed by atoms with Gasteiger partial charge in [-0.05, 0) is 5.41 Å². The zero-order valence-corrected chi connectivity index (χ0v) is 7.34. The van der Waals surface area contributed by atoms with Gasteiger partial charge in [-0.15, -0.1) is 0 Å². The molecular formula is C7H14OS. The van der Waals surface area contributed by atoms with Crippen molar-refractivity contribution < 1.29 is 4.79 Å². The first-order valence-corrected chi connectivity index (χ1v) is 4.04. The standard InChI is InChI=1S/C7H14OS/c1-6(8)9-5-7(2,3)4/h5H2,1-4H3. The molecule has 0 fully saturated rings. The highest BCUT2D eigenvalue weighted by molar-refractivity contribution is 8.13. The molecule has 0 aromatic heterocycles. The average Bonchev–Trinajstić information content (AvgIpc) is 1.59. The zero-order valence-electron chi connectivity index (χ0n) is 6.52. The van der Waals surface area contributed by atoms with Crippen molar-refractivity contribution in [2.24, 2.45) is 5.41 Å². The molecule has 0 saturated carbocycles. The fourth-order valence-corrected chi connectivity index (χ4v) is 0.954. The van der Waals surface area contributed by atoms with Gasteiger partial charge >= 0.3 is 0 Å². The van der Waals surface area contributed by atoms with Crippen molar-refractivity contribution in [1.29, 1.82) is 0 Å². The van der Waals surface area contributed by atoms with E-state index >= 15 is 0 Å². The van der Waals surface area contributed by atoms with Gasteiger partial charge in [0.25, 0.3) is 0 Å². The molecule has 0 aromatic carbocycles. The van der Waals surface area contributed by atoms with Crippen molar-refractivity contribution in [2.45, 2.75) is 27.7 Å². The van der Waals surface area contributed by atoms with Crippen molar-refractivity contribution in [3.8, 4) is 0 Å². The Morgan fingerprint density at radius 3 is 2.00 bits per heavy atom. The molecule has 0 heterocycles. The number of carbonyl (C=O) groups is 1. The minimum Gasteiger partial charge on any atom is -0.288 e. The smallest absolute Gasteiger partial charge is 0.185 e. The van der Waals surface area contributed by atoms with Crippen LogP contribution in [0.25, 0.3) is 0 Å². The molecule has 54 valence electrons. The Bertz CT molecular complexity index is 102. The van der Waals surface area contributed by atoms with Gasteiger partial charge in [0.05, 0.1) is 0 Å². The summed E-state index contributed by atoms with van der Waals surface area (Å²) in [5.41, 5.74) is 0.274. The van der Waals surface area contributed by atoms with Gasteiger partial charge in [0.15, 0.2) is 5.12 Å². The maximum atomic E-state index is 10.5. The third kappa shape index (κ3) is 8.02. The van der Waals surface area contributed by atoms with Crippen LogP contribution in [0.1, 0.15) is 27.7 Å². The topological polar surface area (TPSA) is 17.1 Å². The molecule has 0 amide bonds. The van der Waals surface area contributed by atoms with E-state index in [1.807, 2.05) is 0 Å². The summed E-state index contributed by atoms with van der Waals surface area (Å²) in [6, 6.07) is 0. The molecule has 9 heavy (non-hydrogen) atoms. The van der Waals surface area contributed by atoms with Crippen LogP contribution in [0.4, 0.5) is 0 Å². The Labute approximate surface area is 61.2 Å². The molecule has 0 aromatic rings. The summed E-state index contributed by atoms with van der Waals surface area (Å²) in [5.74, 6) is 0.919. The lowest BCUT2D eigenvalue weighted by Gasteiger charge is -2.15. The van der Waals surface area contributed by atoms with Crippen LogP contribution in [0.3, 0.4) is 0 Å². The van der Waals surface area contributed by atoms with Crippen molar-refractivity contribution in [2.75, 3.05) is 5.75 Å². The lowest BCUT2D eigenvalue weighted by Crippen LogP contribution is -2.09. The monoisotopic (exact) mass is 146 g/mol. The molecule has 0 aliphatic rings. The zero-order chi connectivity index (χ0) is 7.49. The third-order valence-corrected chi connectivity index (χ3v) is 2.13. The summed E-state index contributed by atoms with van der Waals surface area (Å²) in [7, 11) is 0. The maximum absolute atomic E-state index is 10.5. The molecule has 2 heteroatoms. The van der Waals surface area contributed by atoms with E-state index in [-0.39, 0.29) is 10.5 Å². The minimum atomic E-state index is 0.213. The van der Waals surface area contributed by atoms with Gasteiger partial charge in [-0.25, -0.2) is 0 Å². The Balaban J connectivity index is 3.39. The molecule has 0 aliphatic heterocycles. The van der Waals surface area contributed by atoms with Gasteiger partial charge in [-0.3, -0.25) is 4.79 Å². The Kier molecular flexibility index (Phi) is 3.26. The second-order valence-corrected chi connectivity index (χ2v) is 4.49. The van der Waals surface area contributed by atoms with Crippen molar-refractivity contribution in [3.05, 3.63) is 0 Å². The summed E-state index contributed by atoms with van der Waals surface area (Å²) in [4.78, 5) is 10.5. The predicted octanol–water partition coefficient (Wildman–Crippen LogP) is 2.31. The molecule has 0 unspecified atom stereocenters. The van der Waals surface area contributed by atoms with E-state index in [1.54, 1.807) is 6.92 Å². The van der Waals surface area contributed by atoms with Crippen LogP contribution in [-0.2, 0) is 4.79 Å². The van der Waals surface area contributed by atoms with Crippen LogP contribution >= 0.6 is 11.8 Å². The predicted molar refractivity (Wildman–Crippen MR) is 42.6 cm³/mol. The van der Waals surface area contributed by atoms with Crippen LogP contribution in [-0.4, -0.2) is 10.9 Å². The van der Waals surface area contributed by atoms with Gasteiger partial charge in [-0.1, -0.05) is 32.5 Å². The largest absolute Gasteiger partial charge is 0.288 e. The maximum Gasteiger partial charge on any atom is 0.185 e. The number of thioether (sulfide) groups is 1. The summed E-state index contributed by atoms with van der Waals surface area (Å²) >= 11 is 1.40. The van der Waals surface area contributed by atoms with Gasteiger partial charge in [0, 0.05) is 12.7 Å². The molecule has 0 spiro atoms. The molecule has 0 rings (SSSR count). The molecule has 0 saturated heterocycles. The summed E-state index contributed by atoms with van der Waals surface area (Å²) in [6.45, 7) is 7.99. The number of rotatable bonds is 1. The molecule has 0 aliphatic carbocycles. The van der Waals surface area contributed by atoms with E-state index in [4.69, 9.17) is 0 Å². The average molecular weight is 146 g/mol. The van der Waals surface area contributed by atoms with Crippen LogP contribution in [0, 0.1) is 5.41 Å². The van der Waals surface area contributed by atoms with Crippen LogP contribution in [0.15, 0.2) is 0 Å². The van der Waals surface area contributed by atoms with Crippen molar-refractivity contribution in [3.63, 3.8) is 0 Å². The fourth-order valence-electron chi connectivity index (χ4n) is 0.318. The highest BCUT2D eigenvalue weighted by Gasteiger charge is 2.10. The van der Waals surface area contributed by atoms with E-state index in [1.165, 1.54) is 11.8 Å². The second-order valence-electron chi connectivity index (χ2n) is 3.34. The molecule has 0 N–H and O–H groups in total. The molecule has 0 bridgehead atoms. The molecule has 1 nitrogen and oxygen atoms in total. The number of hydrogen-bond acceptors (Lipinski definition) is 2. The quantitative estimate of drug-likeness (QED) is 0.564. The Morgan fingerprint density at radius 2 is 1.89 bits per heavy atom. The Morgan fingerprint density at radius 1 is 1.44 bits per heavy atom. The first kappa shape index (κ1) is 9.02. The van der Waals surface area contributed by atoms with Gasteiger partial charge in [0.1, 0.15) is 0 Å². The SMILES string of the molecule is CC(=O)SCC(C)(C)C. The van der Waals surface area contributed by atoms with Crippen molar-refractivity contribution in [1.82, 2.24) is 0 Å². The lowest BCUT2D eigenvalue weighted by molar-refractivity contribution is -0.109. The molecule has 0 radical (unpaired) electrons. The lowest BCUT2D eigenvalue weighted by atomic mass is 10.0. The minimum absolute atomic E-state index is 0.213. The van der Waals surface area contributed by atoms with E-state index < -0.39 is 0 Å². The number of hydrogen-bond donors (Lipinski definition) is 0. The fraction of sp³-hybridized carbons (Fsp3) is 0.857. The summed E-state index contributed by atoms with van der Waals surface area (Å²) in [5, 5.41) is 0.213. The van der Waals surface area contributed by atoms with E-state index in [9.17, 15) is 4.79 Å². The second kappa shape index (κ2) is 3.25.